The minimum atomic E-state index is -2.97. The van der Waals surface area contributed by atoms with Gasteiger partial charge >= 0.3 is 0 Å². The summed E-state index contributed by atoms with van der Waals surface area (Å²) in [7, 11) is -2.97. The zero-order chi connectivity index (χ0) is 20.6. The molecule has 2 aromatic rings. The molecule has 0 amide bonds. The highest BCUT2D eigenvalue weighted by atomic mass is 32.2. The van der Waals surface area contributed by atoms with E-state index in [1.54, 1.807) is 11.8 Å². The van der Waals surface area contributed by atoms with E-state index in [1.165, 1.54) is 16.7 Å². The lowest BCUT2D eigenvalue weighted by atomic mass is 10.1. The standard InChI is InChI=1S/C22H26N2O3S2/c1-4-27-19-9-7-18(8-10-19)24(12-17-11-15(2)5-6-16(17)3)22-23-20-13-29(25,26)14-21(20)28-22/h5-11,20-21H,4,12-14H2,1-3H3/t20-,21+/m0/s1. The number of thioether (sulfide) groups is 1. The summed E-state index contributed by atoms with van der Waals surface area (Å²) in [6.07, 6.45) is 0. The van der Waals surface area contributed by atoms with E-state index >= 15 is 0 Å². The third kappa shape index (κ3) is 4.46. The molecule has 0 spiro atoms. The summed E-state index contributed by atoms with van der Waals surface area (Å²) in [5, 5.41) is 0.929. The summed E-state index contributed by atoms with van der Waals surface area (Å²) in [6.45, 7) is 7.51. The zero-order valence-electron chi connectivity index (χ0n) is 17.0. The molecule has 0 radical (unpaired) electrons. The topological polar surface area (TPSA) is 59.0 Å². The number of ether oxygens (including phenoxy) is 1. The molecule has 2 aromatic carbocycles. The van der Waals surface area contributed by atoms with Gasteiger partial charge < -0.3 is 9.64 Å². The minimum Gasteiger partial charge on any atom is -0.494 e. The molecule has 5 nitrogen and oxygen atoms in total. The predicted molar refractivity (Wildman–Crippen MR) is 121 cm³/mol. The number of benzene rings is 2. The number of rotatable bonds is 5. The maximum atomic E-state index is 12.0. The van der Waals surface area contributed by atoms with Gasteiger partial charge in [-0.15, -0.1) is 0 Å². The van der Waals surface area contributed by atoms with Gasteiger partial charge in [0.2, 0.25) is 0 Å². The Morgan fingerprint density at radius 2 is 1.90 bits per heavy atom. The normalized spacial score (nSPS) is 22.2. The molecule has 2 heterocycles. The van der Waals surface area contributed by atoms with E-state index in [9.17, 15) is 8.42 Å². The smallest absolute Gasteiger partial charge is 0.164 e. The van der Waals surface area contributed by atoms with Crippen LogP contribution < -0.4 is 9.64 Å². The van der Waals surface area contributed by atoms with Crippen LogP contribution >= 0.6 is 11.8 Å². The second-order valence-corrected chi connectivity index (χ2v) is 11.0. The van der Waals surface area contributed by atoms with Gasteiger partial charge in [0.15, 0.2) is 15.0 Å². The Kier molecular flexibility index (Phi) is 5.62. The van der Waals surface area contributed by atoms with E-state index < -0.39 is 9.84 Å². The number of amidine groups is 1. The molecule has 2 aliphatic heterocycles. The zero-order valence-corrected chi connectivity index (χ0v) is 18.6. The Hall–Kier alpha value is -1.99. The molecule has 7 heteroatoms. The monoisotopic (exact) mass is 430 g/mol. The summed E-state index contributed by atoms with van der Waals surface area (Å²) in [4.78, 5) is 7.03. The number of hydrogen-bond donors (Lipinski definition) is 0. The summed E-state index contributed by atoms with van der Waals surface area (Å²) in [6, 6.07) is 14.4. The maximum Gasteiger partial charge on any atom is 0.164 e. The first-order valence-corrected chi connectivity index (χ1v) is 12.6. The van der Waals surface area contributed by atoms with Crippen molar-refractivity contribution in [1.29, 1.82) is 0 Å². The van der Waals surface area contributed by atoms with Crippen LogP contribution in [0, 0.1) is 13.8 Å². The van der Waals surface area contributed by atoms with Gasteiger partial charge in [0, 0.05) is 10.9 Å². The van der Waals surface area contributed by atoms with Crippen LogP contribution in [0.2, 0.25) is 0 Å². The van der Waals surface area contributed by atoms with Crippen molar-refractivity contribution in [3.05, 3.63) is 59.2 Å². The van der Waals surface area contributed by atoms with Crippen LogP contribution in [0.4, 0.5) is 5.69 Å². The fourth-order valence-electron chi connectivity index (χ4n) is 3.77. The Bertz CT molecular complexity index is 1030. The van der Waals surface area contributed by atoms with E-state index in [1.807, 2.05) is 31.2 Å². The SMILES string of the molecule is CCOc1ccc(N(Cc2cc(C)ccc2C)C2=N[C@H]3CS(=O)(=O)C[C@H]3S2)cc1. The van der Waals surface area contributed by atoms with Gasteiger partial charge in [-0.3, -0.25) is 4.99 Å². The number of aryl methyl sites for hydroxylation is 2. The van der Waals surface area contributed by atoms with Crippen LogP contribution in [0.3, 0.4) is 0 Å². The lowest BCUT2D eigenvalue weighted by Gasteiger charge is -2.26. The van der Waals surface area contributed by atoms with Gasteiger partial charge in [0.05, 0.1) is 30.7 Å². The average molecular weight is 431 g/mol. The lowest BCUT2D eigenvalue weighted by molar-refractivity contribution is 0.340. The van der Waals surface area contributed by atoms with Gasteiger partial charge in [-0.1, -0.05) is 35.5 Å². The van der Waals surface area contributed by atoms with E-state index in [2.05, 4.69) is 36.9 Å². The number of sulfone groups is 1. The quantitative estimate of drug-likeness (QED) is 0.718. The minimum absolute atomic E-state index is 0.0267. The van der Waals surface area contributed by atoms with E-state index in [-0.39, 0.29) is 22.8 Å². The third-order valence-electron chi connectivity index (χ3n) is 5.33. The molecule has 0 aliphatic carbocycles. The Morgan fingerprint density at radius 1 is 1.14 bits per heavy atom. The van der Waals surface area contributed by atoms with Crippen LogP contribution in [0.15, 0.2) is 47.5 Å². The van der Waals surface area contributed by atoms with E-state index in [0.29, 0.717) is 13.2 Å². The fourth-order valence-corrected chi connectivity index (χ4v) is 7.55. The first-order valence-electron chi connectivity index (χ1n) is 9.86. The molecule has 0 bridgehead atoms. The average Bonchev–Trinajstić information content (AvgIpc) is 3.17. The van der Waals surface area contributed by atoms with Gasteiger partial charge in [-0.05, 0) is 56.2 Å². The van der Waals surface area contributed by atoms with E-state index in [0.717, 1.165) is 16.6 Å². The highest BCUT2D eigenvalue weighted by molar-refractivity contribution is 8.15. The number of anilines is 1. The Labute approximate surface area is 177 Å². The molecule has 0 unspecified atom stereocenters. The molecule has 2 atom stereocenters. The van der Waals surface area contributed by atoms with Crippen LogP contribution in [0.1, 0.15) is 23.6 Å². The van der Waals surface area contributed by atoms with Crippen LogP contribution in [-0.2, 0) is 16.4 Å². The van der Waals surface area contributed by atoms with Gasteiger partial charge in [-0.2, -0.15) is 0 Å². The van der Waals surface area contributed by atoms with Crippen molar-refractivity contribution in [2.45, 2.75) is 38.6 Å². The van der Waals surface area contributed by atoms with Crippen molar-refractivity contribution in [3.63, 3.8) is 0 Å². The van der Waals surface area contributed by atoms with Crippen LogP contribution in [-0.4, -0.2) is 43.0 Å². The van der Waals surface area contributed by atoms with Gasteiger partial charge in [0.1, 0.15) is 5.75 Å². The Balaban J connectivity index is 1.67. The second-order valence-electron chi connectivity index (χ2n) is 7.66. The molecule has 1 saturated heterocycles. The van der Waals surface area contributed by atoms with Crippen LogP contribution in [0.5, 0.6) is 5.75 Å². The predicted octanol–water partition coefficient (Wildman–Crippen LogP) is 3.98. The maximum absolute atomic E-state index is 12.0. The largest absolute Gasteiger partial charge is 0.494 e. The molecule has 1 fully saturated rings. The summed E-state index contributed by atoms with van der Waals surface area (Å²) in [5.74, 6) is 1.22. The molecular weight excluding hydrogens is 404 g/mol. The second kappa shape index (κ2) is 8.03. The number of fused-ring (bicyclic) bond motifs is 1. The highest BCUT2D eigenvalue weighted by Gasteiger charge is 2.44. The number of aliphatic imine (C=N–C) groups is 1. The van der Waals surface area contributed by atoms with Crippen molar-refractivity contribution >= 4 is 32.5 Å². The molecule has 29 heavy (non-hydrogen) atoms. The summed E-state index contributed by atoms with van der Waals surface area (Å²) in [5.41, 5.74) is 4.73. The van der Waals surface area contributed by atoms with Crippen molar-refractivity contribution in [2.75, 3.05) is 23.0 Å². The fraction of sp³-hybridized carbons (Fsp3) is 0.409. The Morgan fingerprint density at radius 3 is 2.59 bits per heavy atom. The third-order valence-corrected chi connectivity index (χ3v) is 8.58. The molecule has 0 aromatic heterocycles. The molecule has 154 valence electrons. The summed E-state index contributed by atoms with van der Waals surface area (Å²) >= 11 is 1.60. The van der Waals surface area contributed by atoms with Crippen molar-refractivity contribution in [2.24, 2.45) is 4.99 Å². The first-order chi connectivity index (χ1) is 13.8. The summed E-state index contributed by atoms with van der Waals surface area (Å²) < 4.78 is 29.5. The van der Waals surface area contributed by atoms with Crippen molar-refractivity contribution < 1.29 is 13.2 Å². The van der Waals surface area contributed by atoms with Crippen molar-refractivity contribution in [1.82, 2.24) is 0 Å². The molecule has 4 rings (SSSR count). The molecule has 2 aliphatic rings. The highest BCUT2D eigenvalue weighted by Crippen LogP contribution is 2.37. The molecule has 0 N–H and O–H groups in total. The van der Waals surface area contributed by atoms with Gasteiger partial charge in [0.25, 0.3) is 0 Å². The molecule has 0 saturated carbocycles. The van der Waals surface area contributed by atoms with Crippen molar-refractivity contribution in [3.8, 4) is 5.75 Å². The molecular formula is C22H26N2O3S2. The van der Waals surface area contributed by atoms with E-state index in [4.69, 9.17) is 9.73 Å². The van der Waals surface area contributed by atoms with Crippen LogP contribution in [0.25, 0.3) is 0 Å². The lowest BCUT2D eigenvalue weighted by Crippen LogP contribution is -2.28. The first kappa shape index (κ1) is 20.3. The van der Waals surface area contributed by atoms with Gasteiger partial charge in [-0.25, -0.2) is 8.42 Å². The number of nitrogens with zero attached hydrogens (tertiary/aromatic N) is 2. The number of hydrogen-bond acceptors (Lipinski definition) is 6.